The van der Waals surface area contributed by atoms with E-state index < -0.39 is 0 Å². The van der Waals surface area contributed by atoms with Crippen LogP contribution in [0.15, 0.2) is 43.9 Å². The summed E-state index contributed by atoms with van der Waals surface area (Å²) in [6, 6.07) is 4.47. The minimum Gasteiger partial charge on any atom is -0.445 e. The van der Waals surface area contributed by atoms with Gasteiger partial charge in [-0.25, -0.2) is 9.37 Å². The van der Waals surface area contributed by atoms with E-state index in [2.05, 4.69) is 25.9 Å². The maximum Gasteiger partial charge on any atom is 0.191 e. The van der Waals surface area contributed by atoms with Crippen molar-refractivity contribution in [1.29, 1.82) is 0 Å². The van der Waals surface area contributed by atoms with Crippen LogP contribution >= 0.6 is 15.9 Å². The first-order valence-electron chi connectivity index (χ1n) is 6.87. The van der Waals surface area contributed by atoms with Gasteiger partial charge >= 0.3 is 0 Å². The molecule has 2 N–H and O–H groups in total. The second kappa shape index (κ2) is 7.35. The number of halogens is 2. The molecule has 1 heterocycles. The summed E-state index contributed by atoms with van der Waals surface area (Å²) in [6.07, 6.45) is 3.70. The van der Waals surface area contributed by atoms with Crippen molar-refractivity contribution in [2.75, 3.05) is 6.54 Å². The van der Waals surface area contributed by atoms with E-state index in [-0.39, 0.29) is 5.82 Å². The van der Waals surface area contributed by atoms with Crippen LogP contribution < -0.4 is 5.73 Å². The topological polar surface area (TPSA) is 64.4 Å². The summed E-state index contributed by atoms with van der Waals surface area (Å²) in [4.78, 5) is 8.59. The summed E-state index contributed by atoms with van der Waals surface area (Å²) in [7, 11) is 0. The molecule has 0 atom stereocenters. The Morgan fingerprint density at radius 3 is 2.91 bits per heavy atom. The van der Waals surface area contributed by atoms with Gasteiger partial charge in [0.1, 0.15) is 17.3 Å². The van der Waals surface area contributed by atoms with Gasteiger partial charge < -0.3 is 10.2 Å². The van der Waals surface area contributed by atoms with Crippen molar-refractivity contribution >= 4 is 22.1 Å². The van der Waals surface area contributed by atoms with Gasteiger partial charge in [-0.2, -0.15) is 0 Å². The molecule has 0 amide bonds. The van der Waals surface area contributed by atoms with Crippen LogP contribution in [0.3, 0.4) is 0 Å². The van der Waals surface area contributed by atoms with Crippen LogP contribution in [0.2, 0.25) is 0 Å². The summed E-state index contributed by atoms with van der Waals surface area (Å²) in [5.41, 5.74) is 7.91. The molecule has 2 rings (SSSR count). The molecule has 2 aromatic rings. The van der Waals surface area contributed by atoms with E-state index in [9.17, 15) is 4.39 Å². The fraction of sp³-hybridized carbons (Fsp3) is 0.250. The van der Waals surface area contributed by atoms with E-state index in [4.69, 9.17) is 10.2 Å². The predicted molar refractivity (Wildman–Crippen MR) is 89.3 cm³/mol. The summed E-state index contributed by atoms with van der Waals surface area (Å²) in [6.45, 7) is 4.41. The zero-order valence-electron chi connectivity index (χ0n) is 12.4. The molecule has 22 heavy (non-hydrogen) atoms. The highest BCUT2D eigenvalue weighted by atomic mass is 79.9. The zero-order valence-corrected chi connectivity index (χ0v) is 14.0. The Morgan fingerprint density at radius 1 is 1.50 bits per heavy atom. The number of hydrogen-bond acceptors (Lipinski definition) is 4. The minimum atomic E-state index is -0.310. The average Bonchev–Trinajstić information content (AvgIpc) is 2.83. The van der Waals surface area contributed by atoms with Crippen LogP contribution in [0.1, 0.15) is 18.6 Å². The number of rotatable bonds is 5. The van der Waals surface area contributed by atoms with Crippen molar-refractivity contribution in [3.63, 3.8) is 0 Å². The molecular formula is C16H17BrFN3O. The van der Waals surface area contributed by atoms with E-state index in [1.54, 1.807) is 19.2 Å². The fourth-order valence-corrected chi connectivity index (χ4v) is 2.56. The molecule has 4 nitrogen and oxygen atoms in total. The van der Waals surface area contributed by atoms with Crippen molar-refractivity contribution in [2.24, 2.45) is 10.7 Å². The van der Waals surface area contributed by atoms with E-state index >= 15 is 0 Å². The Morgan fingerprint density at radius 2 is 2.27 bits per heavy atom. The number of allylic oxidation sites excluding steroid dienone is 1. The Labute approximate surface area is 137 Å². The van der Waals surface area contributed by atoms with Gasteiger partial charge in [-0.1, -0.05) is 0 Å². The molecule has 6 heteroatoms. The highest BCUT2D eigenvalue weighted by Crippen LogP contribution is 2.32. The normalized spacial score (nSPS) is 12.3. The molecule has 0 aliphatic rings. The lowest BCUT2D eigenvalue weighted by Gasteiger charge is -2.04. The van der Waals surface area contributed by atoms with Crippen LogP contribution in [0.4, 0.5) is 4.39 Å². The first kappa shape index (κ1) is 16.4. The minimum absolute atomic E-state index is 0.310. The van der Waals surface area contributed by atoms with Crippen molar-refractivity contribution in [2.45, 2.75) is 20.3 Å². The van der Waals surface area contributed by atoms with E-state index in [0.29, 0.717) is 34.8 Å². The fourth-order valence-electron chi connectivity index (χ4n) is 2.02. The maximum atomic E-state index is 13.3. The maximum absolute atomic E-state index is 13.3. The van der Waals surface area contributed by atoms with Gasteiger partial charge in [0.15, 0.2) is 5.89 Å². The summed E-state index contributed by atoms with van der Waals surface area (Å²) < 4.78 is 19.6. The molecule has 0 aliphatic carbocycles. The van der Waals surface area contributed by atoms with Gasteiger partial charge in [-0.15, -0.1) is 0 Å². The Hall–Kier alpha value is -1.95. The Kier molecular flexibility index (Phi) is 5.49. The third kappa shape index (κ3) is 3.82. The smallest absolute Gasteiger partial charge is 0.191 e. The molecule has 0 aliphatic heterocycles. The lowest BCUT2D eigenvalue weighted by atomic mass is 10.1. The Bertz CT molecular complexity index is 722. The summed E-state index contributed by atoms with van der Waals surface area (Å²) >= 11 is 3.37. The lowest BCUT2D eigenvalue weighted by molar-refractivity contribution is 0.484. The molecule has 0 spiro atoms. The zero-order chi connectivity index (χ0) is 16.1. The number of nitrogens with two attached hydrogens (primary N) is 1. The second-order valence-corrected chi connectivity index (χ2v) is 5.53. The molecule has 0 saturated heterocycles. The lowest BCUT2D eigenvalue weighted by Crippen LogP contribution is -1.98. The van der Waals surface area contributed by atoms with Crippen LogP contribution in [0.25, 0.3) is 11.3 Å². The molecule has 0 fully saturated rings. The van der Waals surface area contributed by atoms with Gasteiger partial charge in [-0.3, -0.25) is 4.99 Å². The van der Waals surface area contributed by atoms with Crippen LogP contribution in [0.5, 0.6) is 0 Å². The molecule has 0 radical (unpaired) electrons. The first-order valence-corrected chi connectivity index (χ1v) is 7.66. The highest BCUT2D eigenvalue weighted by molar-refractivity contribution is 9.10. The van der Waals surface area contributed by atoms with E-state index in [1.807, 2.05) is 6.92 Å². The second-order valence-electron chi connectivity index (χ2n) is 4.68. The van der Waals surface area contributed by atoms with Crippen LogP contribution in [0, 0.1) is 12.7 Å². The average molecular weight is 366 g/mol. The predicted octanol–water partition coefficient (Wildman–Crippen LogP) is 4.03. The van der Waals surface area contributed by atoms with E-state index in [0.717, 1.165) is 11.1 Å². The molecule has 0 bridgehead atoms. The first-order chi connectivity index (χ1) is 10.5. The van der Waals surface area contributed by atoms with Gasteiger partial charge in [0.05, 0.1) is 0 Å². The van der Waals surface area contributed by atoms with Crippen molar-refractivity contribution in [3.8, 4) is 11.3 Å². The van der Waals surface area contributed by atoms with Crippen LogP contribution in [-0.4, -0.2) is 17.7 Å². The quantitative estimate of drug-likeness (QED) is 0.813. The number of aryl methyl sites for hydroxylation is 1. The number of nitrogens with zero attached hydrogens (tertiary/aromatic N) is 2. The van der Waals surface area contributed by atoms with Crippen molar-refractivity contribution in [3.05, 3.63) is 51.9 Å². The number of oxazole rings is 1. The highest BCUT2D eigenvalue weighted by Gasteiger charge is 2.17. The molecule has 0 unspecified atom stereocenters. The number of benzene rings is 1. The summed E-state index contributed by atoms with van der Waals surface area (Å²) in [5.74, 6) is 0.907. The monoisotopic (exact) mass is 365 g/mol. The van der Waals surface area contributed by atoms with Gasteiger partial charge in [-0.05, 0) is 52.8 Å². The number of aromatic nitrogens is 1. The Balaban J connectivity index is 2.40. The van der Waals surface area contributed by atoms with Gasteiger partial charge in [0.25, 0.3) is 0 Å². The van der Waals surface area contributed by atoms with E-state index in [1.165, 1.54) is 18.3 Å². The van der Waals surface area contributed by atoms with Gasteiger partial charge in [0.2, 0.25) is 0 Å². The molecule has 1 aromatic heterocycles. The standard InChI is InChI=1S/C16H17BrFN3O/c1-3-20-9-11(8-19)6-15-16(21-10(2)22-15)13-5-4-12(18)7-14(13)17/h4-5,7-9H,3,6,19H2,1-2H3/b11-8-,20-9?. The number of aliphatic imine (C=N–C) groups is 1. The number of hydrogen-bond donors (Lipinski definition) is 1. The molecular weight excluding hydrogens is 349 g/mol. The molecule has 116 valence electrons. The third-order valence-corrected chi connectivity index (χ3v) is 3.67. The summed E-state index contributed by atoms with van der Waals surface area (Å²) in [5, 5.41) is 0. The van der Waals surface area contributed by atoms with Gasteiger partial charge in [0, 0.05) is 36.1 Å². The van der Waals surface area contributed by atoms with Crippen LogP contribution in [-0.2, 0) is 6.42 Å². The van der Waals surface area contributed by atoms with Crippen molar-refractivity contribution in [1.82, 2.24) is 4.98 Å². The SMILES string of the molecule is CCN=C/C(=C\N)Cc1oc(C)nc1-c1ccc(F)cc1Br. The van der Waals surface area contributed by atoms with Crippen molar-refractivity contribution < 1.29 is 8.81 Å². The third-order valence-electron chi connectivity index (χ3n) is 3.01. The molecule has 1 aromatic carbocycles. The molecule has 0 saturated carbocycles. The largest absolute Gasteiger partial charge is 0.445 e.